The molecule has 0 spiro atoms. The minimum Gasteiger partial charge on any atom is -0.452 e. The summed E-state index contributed by atoms with van der Waals surface area (Å²) >= 11 is 0. The van der Waals surface area contributed by atoms with Gasteiger partial charge in [0.2, 0.25) is 0 Å². The van der Waals surface area contributed by atoms with Crippen molar-refractivity contribution >= 4 is 18.0 Å². The maximum absolute atomic E-state index is 12.5. The molecule has 0 aromatic heterocycles. The lowest BCUT2D eigenvalue weighted by Crippen LogP contribution is -2.36. The van der Waals surface area contributed by atoms with Crippen LogP contribution >= 0.6 is 0 Å². The van der Waals surface area contributed by atoms with Gasteiger partial charge in [-0.1, -0.05) is 54.1 Å². The number of benzene rings is 2. The first-order valence-electron chi connectivity index (χ1n) is 9.29. The molecule has 0 bridgehead atoms. The smallest absolute Gasteiger partial charge is 0.331 e. The Hall–Kier alpha value is -2.88. The molecule has 1 aliphatic carbocycles. The first-order valence-corrected chi connectivity index (χ1v) is 9.29. The Morgan fingerprint density at radius 2 is 2.00 bits per heavy atom. The fourth-order valence-electron chi connectivity index (χ4n) is 3.53. The molecule has 3 rings (SSSR count). The second-order valence-electron chi connectivity index (χ2n) is 6.97. The number of ether oxygens (including phenoxy) is 1. The number of nitrogens with zero attached hydrogens (tertiary/aromatic N) is 1. The molecule has 0 heterocycles. The van der Waals surface area contributed by atoms with Gasteiger partial charge < -0.3 is 9.64 Å². The van der Waals surface area contributed by atoms with Crippen molar-refractivity contribution in [3.05, 3.63) is 76.9 Å². The van der Waals surface area contributed by atoms with Crippen molar-refractivity contribution in [3.8, 4) is 0 Å². The number of carbonyl (C=O) groups is 2. The molecule has 0 unspecified atom stereocenters. The number of hydrogen-bond donors (Lipinski definition) is 0. The van der Waals surface area contributed by atoms with Crippen LogP contribution in [0.25, 0.3) is 6.08 Å². The second-order valence-corrected chi connectivity index (χ2v) is 6.97. The summed E-state index contributed by atoms with van der Waals surface area (Å²) in [6.45, 7) is 1.75. The van der Waals surface area contributed by atoms with E-state index in [0.29, 0.717) is 0 Å². The lowest BCUT2D eigenvalue weighted by Gasteiger charge is -2.33. The van der Waals surface area contributed by atoms with Crippen LogP contribution < -0.4 is 0 Å². The van der Waals surface area contributed by atoms with Crippen molar-refractivity contribution in [3.63, 3.8) is 0 Å². The number of amides is 1. The summed E-state index contributed by atoms with van der Waals surface area (Å²) in [5, 5.41) is 0. The van der Waals surface area contributed by atoms with Crippen LogP contribution in [0.5, 0.6) is 0 Å². The number of fused-ring (bicyclic) bond motifs is 1. The van der Waals surface area contributed by atoms with Gasteiger partial charge in [0.15, 0.2) is 6.61 Å². The molecule has 0 radical (unpaired) electrons. The summed E-state index contributed by atoms with van der Waals surface area (Å²) in [5.41, 5.74) is 4.54. The fourth-order valence-corrected chi connectivity index (χ4v) is 3.53. The average molecular weight is 363 g/mol. The van der Waals surface area contributed by atoms with Crippen molar-refractivity contribution in [2.75, 3.05) is 13.7 Å². The van der Waals surface area contributed by atoms with Crippen LogP contribution in [0.4, 0.5) is 0 Å². The van der Waals surface area contributed by atoms with Gasteiger partial charge in [0.1, 0.15) is 0 Å². The van der Waals surface area contributed by atoms with Gasteiger partial charge in [0.05, 0.1) is 6.04 Å². The predicted molar refractivity (Wildman–Crippen MR) is 106 cm³/mol. The van der Waals surface area contributed by atoms with Crippen LogP contribution in [0.3, 0.4) is 0 Å². The lowest BCUT2D eigenvalue weighted by atomic mass is 9.87. The van der Waals surface area contributed by atoms with E-state index in [1.807, 2.05) is 43.3 Å². The van der Waals surface area contributed by atoms with Crippen molar-refractivity contribution in [1.29, 1.82) is 0 Å². The first kappa shape index (κ1) is 18.9. The number of rotatable bonds is 5. The average Bonchev–Trinajstić information content (AvgIpc) is 2.69. The van der Waals surface area contributed by atoms with Gasteiger partial charge in [-0.05, 0) is 49.0 Å². The van der Waals surface area contributed by atoms with E-state index >= 15 is 0 Å². The third kappa shape index (κ3) is 4.85. The van der Waals surface area contributed by atoms with Gasteiger partial charge in [0, 0.05) is 13.1 Å². The number of aryl methyl sites for hydroxylation is 2. The van der Waals surface area contributed by atoms with E-state index in [4.69, 9.17) is 4.74 Å². The highest BCUT2D eigenvalue weighted by atomic mass is 16.5. The molecule has 0 aliphatic heterocycles. The van der Waals surface area contributed by atoms with E-state index < -0.39 is 5.97 Å². The Morgan fingerprint density at radius 1 is 1.19 bits per heavy atom. The Morgan fingerprint density at radius 3 is 2.81 bits per heavy atom. The Bertz CT molecular complexity index is 856. The van der Waals surface area contributed by atoms with Crippen LogP contribution in [0.1, 0.15) is 41.1 Å². The quantitative estimate of drug-likeness (QED) is 0.594. The summed E-state index contributed by atoms with van der Waals surface area (Å²) in [7, 11) is 1.78. The van der Waals surface area contributed by atoms with E-state index in [0.717, 1.165) is 30.4 Å². The Balaban J connectivity index is 1.55. The normalized spacial score (nSPS) is 16.0. The number of hydrogen-bond acceptors (Lipinski definition) is 3. The second kappa shape index (κ2) is 8.67. The van der Waals surface area contributed by atoms with E-state index in [-0.39, 0.29) is 18.6 Å². The van der Waals surface area contributed by atoms with Crippen molar-refractivity contribution in [2.45, 2.75) is 32.2 Å². The summed E-state index contributed by atoms with van der Waals surface area (Å²) in [4.78, 5) is 26.1. The number of esters is 1. The molecular weight excluding hydrogens is 338 g/mol. The van der Waals surface area contributed by atoms with Crippen molar-refractivity contribution in [2.24, 2.45) is 0 Å². The molecule has 2 aromatic rings. The summed E-state index contributed by atoms with van der Waals surface area (Å²) in [5.74, 6) is -0.698. The molecule has 0 saturated carbocycles. The largest absolute Gasteiger partial charge is 0.452 e. The molecule has 1 amide bonds. The van der Waals surface area contributed by atoms with Gasteiger partial charge in [-0.3, -0.25) is 4.79 Å². The van der Waals surface area contributed by atoms with Gasteiger partial charge in [-0.15, -0.1) is 0 Å². The van der Waals surface area contributed by atoms with E-state index in [1.54, 1.807) is 18.0 Å². The van der Waals surface area contributed by atoms with Gasteiger partial charge in [0.25, 0.3) is 5.91 Å². The zero-order valence-electron chi connectivity index (χ0n) is 15.9. The van der Waals surface area contributed by atoms with Gasteiger partial charge >= 0.3 is 5.97 Å². The number of likely N-dealkylation sites (N-methyl/N-ethyl adjacent to an activating group) is 1. The molecule has 1 atom stereocenters. The molecule has 4 nitrogen and oxygen atoms in total. The third-order valence-electron chi connectivity index (χ3n) is 4.99. The van der Waals surface area contributed by atoms with Crippen molar-refractivity contribution < 1.29 is 14.3 Å². The van der Waals surface area contributed by atoms with Gasteiger partial charge in [-0.2, -0.15) is 0 Å². The molecule has 1 aliphatic rings. The van der Waals surface area contributed by atoms with Gasteiger partial charge in [-0.25, -0.2) is 4.79 Å². The highest BCUT2D eigenvalue weighted by molar-refractivity contribution is 5.89. The standard InChI is InChI=1S/C23H25NO3/c1-17-7-5-8-18(15-17)13-14-23(26)27-16-22(25)24(2)21-12-6-10-19-9-3-4-11-20(19)21/h3-5,7-9,11,13-15,21H,6,10,12,16H2,1-2H3/b14-13+/t21-/m0/s1. The Labute approximate surface area is 160 Å². The summed E-state index contributed by atoms with van der Waals surface area (Å²) < 4.78 is 5.14. The topological polar surface area (TPSA) is 46.6 Å². The molecule has 0 N–H and O–H groups in total. The predicted octanol–water partition coefficient (Wildman–Crippen LogP) is 4.09. The molecule has 4 heteroatoms. The third-order valence-corrected chi connectivity index (χ3v) is 4.99. The van der Waals surface area contributed by atoms with E-state index in [9.17, 15) is 9.59 Å². The maximum atomic E-state index is 12.5. The van der Waals surface area contributed by atoms with Crippen LogP contribution in [0.2, 0.25) is 0 Å². The van der Waals surface area contributed by atoms with Crippen LogP contribution in [0, 0.1) is 6.92 Å². The highest BCUT2D eigenvalue weighted by Crippen LogP contribution is 2.33. The molecule has 2 aromatic carbocycles. The SMILES string of the molecule is Cc1cccc(/C=C/C(=O)OCC(=O)N(C)[C@H]2CCCc3ccccc32)c1. The van der Waals surface area contributed by atoms with E-state index in [2.05, 4.69) is 12.1 Å². The molecule has 27 heavy (non-hydrogen) atoms. The minimum atomic E-state index is -0.512. The summed E-state index contributed by atoms with van der Waals surface area (Å²) in [6, 6.07) is 16.1. The maximum Gasteiger partial charge on any atom is 0.331 e. The zero-order chi connectivity index (χ0) is 19.2. The zero-order valence-corrected chi connectivity index (χ0v) is 15.9. The first-order chi connectivity index (χ1) is 13.0. The Kier molecular flexibility index (Phi) is 6.07. The molecule has 140 valence electrons. The molecule has 0 fully saturated rings. The lowest BCUT2D eigenvalue weighted by molar-refractivity contribution is -0.148. The van der Waals surface area contributed by atoms with Crippen LogP contribution in [-0.2, 0) is 20.7 Å². The molecule has 0 saturated heterocycles. The minimum absolute atomic E-state index is 0.0454. The summed E-state index contributed by atoms with van der Waals surface area (Å²) in [6.07, 6.45) is 6.09. The highest BCUT2D eigenvalue weighted by Gasteiger charge is 2.26. The number of carbonyl (C=O) groups excluding carboxylic acids is 2. The molecular formula is C23H25NO3. The van der Waals surface area contributed by atoms with Crippen LogP contribution in [0.15, 0.2) is 54.6 Å². The fraction of sp³-hybridized carbons (Fsp3) is 0.304. The van der Waals surface area contributed by atoms with Crippen molar-refractivity contribution in [1.82, 2.24) is 4.90 Å². The van der Waals surface area contributed by atoms with Crippen LogP contribution in [-0.4, -0.2) is 30.4 Å². The monoisotopic (exact) mass is 363 g/mol. The van der Waals surface area contributed by atoms with E-state index in [1.165, 1.54) is 17.2 Å².